The van der Waals surface area contributed by atoms with Gasteiger partial charge in [0.25, 0.3) is 5.91 Å². The molecule has 0 bridgehead atoms. The summed E-state index contributed by atoms with van der Waals surface area (Å²) in [5, 5.41) is 6.36. The Labute approximate surface area is 154 Å². The van der Waals surface area contributed by atoms with Crippen molar-refractivity contribution in [3.63, 3.8) is 0 Å². The first-order valence-electron chi connectivity index (χ1n) is 8.03. The molecule has 0 saturated heterocycles. The number of carbonyl (C=O) groups is 2. The first-order chi connectivity index (χ1) is 12.7. The van der Waals surface area contributed by atoms with E-state index in [1.165, 1.54) is 11.3 Å². The van der Waals surface area contributed by atoms with Crippen molar-refractivity contribution in [2.45, 2.75) is 6.92 Å². The summed E-state index contributed by atoms with van der Waals surface area (Å²) in [6, 6.07) is 18.4. The maximum absolute atomic E-state index is 12.5. The number of thiazole rings is 1. The number of hydrogen-bond acceptors (Lipinski definition) is 5. The molecule has 26 heavy (non-hydrogen) atoms. The molecule has 0 saturated carbocycles. The van der Waals surface area contributed by atoms with Gasteiger partial charge < -0.3 is 10.1 Å². The van der Waals surface area contributed by atoms with E-state index in [-0.39, 0.29) is 12.5 Å². The first kappa shape index (κ1) is 17.6. The van der Waals surface area contributed by atoms with E-state index in [1.54, 1.807) is 31.2 Å². The van der Waals surface area contributed by atoms with E-state index in [9.17, 15) is 9.59 Å². The van der Waals surface area contributed by atoms with E-state index < -0.39 is 6.09 Å². The third-order valence-corrected chi connectivity index (χ3v) is 4.31. The predicted octanol–water partition coefficient (Wildman–Crippen LogP) is 4.63. The Hall–Kier alpha value is -3.19. The second-order valence-corrected chi connectivity index (χ2v) is 6.23. The highest BCUT2D eigenvalue weighted by molar-refractivity contribution is 7.20. The number of rotatable bonds is 5. The molecule has 1 heterocycles. The maximum Gasteiger partial charge on any atom is 0.413 e. The fraction of sp³-hybridized carbons (Fsp3) is 0.105. The lowest BCUT2D eigenvalue weighted by Gasteiger charge is -2.05. The van der Waals surface area contributed by atoms with Crippen LogP contribution >= 0.6 is 11.3 Å². The van der Waals surface area contributed by atoms with Crippen molar-refractivity contribution in [3.8, 4) is 11.3 Å². The van der Waals surface area contributed by atoms with E-state index in [2.05, 4.69) is 15.6 Å². The van der Waals surface area contributed by atoms with Crippen LogP contribution in [0.15, 0.2) is 60.7 Å². The Balaban J connectivity index is 1.90. The molecule has 7 heteroatoms. The van der Waals surface area contributed by atoms with Crippen LogP contribution in [0.4, 0.5) is 14.9 Å². The van der Waals surface area contributed by atoms with Crippen molar-refractivity contribution in [1.82, 2.24) is 4.98 Å². The smallest absolute Gasteiger partial charge is 0.413 e. The molecule has 0 fully saturated rings. The molecule has 0 aliphatic rings. The zero-order valence-electron chi connectivity index (χ0n) is 14.1. The molecule has 2 N–H and O–H groups in total. The average molecular weight is 367 g/mol. The summed E-state index contributed by atoms with van der Waals surface area (Å²) in [4.78, 5) is 28.6. The van der Waals surface area contributed by atoms with E-state index in [0.29, 0.717) is 21.4 Å². The number of nitrogens with one attached hydrogen (secondary N) is 2. The van der Waals surface area contributed by atoms with Crippen LogP contribution in [0.3, 0.4) is 0 Å². The van der Waals surface area contributed by atoms with Gasteiger partial charge >= 0.3 is 6.09 Å². The summed E-state index contributed by atoms with van der Waals surface area (Å²) in [5.74, 6) is -0.242. The van der Waals surface area contributed by atoms with Crippen LogP contribution in [-0.2, 0) is 4.74 Å². The largest absolute Gasteiger partial charge is 0.450 e. The molecule has 6 nitrogen and oxygen atoms in total. The molecule has 132 valence electrons. The summed E-state index contributed by atoms with van der Waals surface area (Å²) in [6.45, 7) is 1.99. The molecule has 0 radical (unpaired) electrons. The van der Waals surface area contributed by atoms with Gasteiger partial charge in [-0.2, -0.15) is 0 Å². The van der Waals surface area contributed by atoms with Crippen molar-refractivity contribution in [2.24, 2.45) is 0 Å². The fourth-order valence-corrected chi connectivity index (χ4v) is 3.14. The number of nitrogens with zero attached hydrogens (tertiary/aromatic N) is 1. The summed E-state index contributed by atoms with van der Waals surface area (Å²) >= 11 is 1.18. The van der Waals surface area contributed by atoms with Crippen LogP contribution < -0.4 is 10.6 Å². The number of anilines is 2. The van der Waals surface area contributed by atoms with Crippen LogP contribution in [0.5, 0.6) is 0 Å². The van der Waals surface area contributed by atoms with Gasteiger partial charge in [0.2, 0.25) is 0 Å². The van der Waals surface area contributed by atoms with Crippen LogP contribution in [0.25, 0.3) is 11.3 Å². The Kier molecular flexibility index (Phi) is 5.60. The number of benzene rings is 2. The van der Waals surface area contributed by atoms with Gasteiger partial charge in [0, 0.05) is 11.1 Å². The fourth-order valence-electron chi connectivity index (χ4n) is 2.27. The van der Waals surface area contributed by atoms with Gasteiger partial charge in [0.1, 0.15) is 10.7 Å². The molecule has 0 unspecified atom stereocenters. The highest BCUT2D eigenvalue weighted by Gasteiger charge is 2.17. The van der Waals surface area contributed by atoms with Gasteiger partial charge in [-0.05, 0) is 19.1 Å². The Morgan fingerprint density at radius 3 is 2.31 bits per heavy atom. The van der Waals surface area contributed by atoms with Crippen LogP contribution in [0.2, 0.25) is 0 Å². The van der Waals surface area contributed by atoms with Gasteiger partial charge in [-0.1, -0.05) is 59.9 Å². The molecule has 3 rings (SSSR count). The standard InChI is InChI=1S/C19H17N3O3S/c1-2-25-19(24)22-18-20-15(13-9-5-3-6-10-13)17(26-18)21-16(23)14-11-7-4-8-12-14/h3-12H,2H2,1H3,(H,21,23)(H,20,22,24). The molecule has 0 spiro atoms. The molecule has 3 aromatic rings. The SMILES string of the molecule is CCOC(=O)Nc1nc(-c2ccccc2)c(NC(=O)c2ccccc2)s1. The molecule has 0 aliphatic heterocycles. The Morgan fingerprint density at radius 2 is 1.65 bits per heavy atom. The highest BCUT2D eigenvalue weighted by atomic mass is 32.1. The zero-order valence-corrected chi connectivity index (χ0v) is 14.9. The monoisotopic (exact) mass is 367 g/mol. The predicted molar refractivity (Wildman–Crippen MR) is 103 cm³/mol. The third-order valence-electron chi connectivity index (χ3n) is 3.42. The van der Waals surface area contributed by atoms with Crippen LogP contribution in [-0.4, -0.2) is 23.6 Å². The Morgan fingerprint density at radius 1 is 1.00 bits per heavy atom. The third kappa shape index (κ3) is 4.25. The number of carbonyl (C=O) groups excluding carboxylic acids is 2. The van der Waals surface area contributed by atoms with Crippen LogP contribution in [0, 0.1) is 0 Å². The summed E-state index contributed by atoms with van der Waals surface area (Å²) in [5.41, 5.74) is 1.97. The highest BCUT2D eigenvalue weighted by Crippen LogP contribution is 2.36. The summed E-state index contributed by atoms with van der Waals surface area (Å²) in [7, 11) is 0. The number of hydrogen-bond donors (Lipinski definition) is 2. The zero-order chi connectivity index (χ0) is 18.4. The molecule has 0 aliphatic carbocycles. The van der Waals surface area contributed by atoms with Gasteiger partial charge in [-0.25, -0.2) is 9.78 Å². The van der Waals surface area contributed by atoms with E-state index in [1.807, 2.05) is 36.4 Å². The van der Waals surface area contributed by atoms with E-state index in [0.717, 1.165) is 5.56 Å². The minimum absolute atomic E-state index is 0.242. The van der Waals surface area contributed by atoms with Gasteiger partial charge in [-0.15, -0.1) is 0 Å². The second kappa shape index (κ2) is 8.26. The van der Waals surface area contributed by atoms with E-state index in [4.69, 9.17) is 4.74 Å². The maximum atomic E-state index is 12.5. The van der Waals surface area contributed by atoms with Gasteiger partial charge in [0.05, 0.1) is 6.61 Å². The number of aromatic nitrogens is 1. The van der Waals surface area contributed by atoms with Gasteiger partial charge in [-0.3, -0.25) is 10.1 Å². The first-order valence-corrected chi connectivity index (χ1v) is 8.85. The minimum Gasteiger partial charge on any atom is -0.450 e. The second-order valence-electron chi connectivity index (χ2n) is 5.23. The van der Waals surface area contributed by atoms with Crippen molar-refractivity contribution in [1.29, 1.82) is 0 Å². The topological polar surface area (TPSA) is 80.3 Å². The summed E-state index contributed by atoms with van der Waals surface area (Å²) in [6.07, 6.45) is -0.582. The van der Waals surface area contributed by atoms with Crippen molar-refractivity contribution < 1.29 is 14.3 Å². The van der Waals surface area contributed by atoms with Gasteiger partial charge in [0.15, 0.2) is 5.13 Å². The summed E-state index contributed by atoms with van der Waals surface area (Å²) < 4.78 is 4.88. The number of ether oxygens (including phenoxy) is 1. The molecule has 2 amide bonds. The average Bonchev–Trinajstić information content (AvgIpc) is 3.05. The lowest BCUT2D eigenvalue weighted by molar-refractivity contribution is 0.102. The van der Waals surface area contributed by atoms with Crippen molar-refractivity contribution in [3.05, 3.63) is 66.2 Å². The van der Waals surface area contributed by atoms with Crippen molar-refractivity contribution in [2.75, 3.05) is 17.2 Å². The lowest BCUT2D eigenvalue weighted by atomic mass is 10.1. The van der Waals surface area contributed by atoms with E-state index >= 15 is 0 Å². The van der Waals surface area contributed by atoms with Crippen molar-refractivity contribution >= 4 is 33.5 Å². The number of amides is 2. The normalized spacial score (nSPS) is 10.2. The molecule has 2 aromatic carbocycles. The Bertz CT molecular complexity index is 895. The molecular formula is C19H17N3O3S. The lowest BCUT2D eigenvalue weighted by Crippen LogP contribution is -2.12. The minimum atomic E-state index is -0.582. The van der Waals surface area contributed by atoms with Crippen LogP contribution in [0.1, 0.15) is 17.3 Å². The quantitative estimate of drug-likeness (QED) is 0.689. The molecule has 1 aromatic heterocycles. The molecular weight excluding hydrogens is 350 g/mol. The molecule has 0 atom stereocenters.